The summed E-state index contributed by atoms with van der Waals surface area (Å²) in [6, 6.07) is 17.7. The van der Waals surface area contributed by atoms with Crippen LogP contribution >= 0.6 is 0 Å². The molecule has 0 unspecified atom stereocenters. The molecule has 0 aliphatic carbocycles. The molecular weight excluding hydrogens is 326 g/mol. The lowest BCUT2D eigenvalue weighted by Crippen LogP contribution is -2.21. The van der Waals surface area contributed by atoms with Crippen molar-refractivity contribution >= 4 is 5.52 Å². The molecule has 0 amide bonds. The second kappa shape index (κ2) is 6.52. The van der Waals surface area contributed by atoms with E-state index in [1.54, 1.807) is 22.4 Å². The summed E-state index contributed by atoms with van der Waals surface area (Å²) in [6.07, 6.45) is 3.59. The van der Waals surface area contributed by atoms with E-state index in [-0.39, 0.29) is 5.56 Å². The Morgan fingerprint density at radius 1 is 1.04 bits per heavy atom. The third-order valence-corrected chi connectivity index (χ3v) is 4.40. The van der Waals surface area contributed by atoms with Crippen LogP contribution in [-0.4, -0.2) is 21.3 Å². The Hall–Kier alpha value is -3.34. The zero-order valence-corrected chi connectivity index (χ0v) is 14.7. The molecule has 0 atom stereocenters. The Balaban J connectivity index is 1.75. The van der Waals surface area contributed by atoms with Crippen molar-refractivity contribution in [2.75, 3.05) is 7.11 Å². The average Bonchev–Trinajstić information content (AvgIpc) is 3.09. The van der Waals surface area contributed by atoms with Crippen LogP contribution < -0.4 is 10.3 Å². The maximum Gasteiger partial charge on any atom is 0.276 e. The topological polar surface area (TPSA) is 48.5 Å². The normalized spacial score (nSPS) is 11.0. The summed E-state index contributed by atoms with van der Waals surface area (Å²) in [4.78, 5) is 12.9. The van der Waals surface area contributed by atoms with Gasteiger partial charge in [0.05, 0.1) is 19.3 Å². The van der Waals surface area contributed by atoms with Gasteiger partial charge in [0.1, 0.15) is 11.3 Å². The van der Waals surface area contributed by atoms with Gasteiger partial charge in [-0.1, -0.05) is 42.0 Å². The molecule has 5 nitrogen and oxygen atoms in total. The number of ether oxygens (including phenoxy) is 1. The maximum absolute atomic E-state index is 12.9. The summed E-state index contributed by atoms with van der Waals surface area (Å²) < 4.78 is 8.61. The van der Waals surface area contributed by atoms with Crippen molar-refractivity contribution in [3.8, 4) is 17.0 Å². The van der Waals surface area contributed by atoms with Gasteiger partial charge in [0.25, 0.3) is 5.56 Å². The van der Waals surface area contributed by atoms with Crippen LogP contribution in [0.4, 0.5) is 0 Å². The SMILES string of the molecule is COc1cccc(-c2cc3c(=O)n(Cc4cccc(C)c4)ccn3n2)c1. The van der Waals surface area contributed by atoms with Crippen molar-refractivity contribution < 1.29 is 4.74 Å². The van der Waals surface area contributed by atoms with Gasteiger partial charge in [0.2, 0.25) is 0 Å². The van der Waals surface area contributed by atoms with Crippen LogP contribution in [0.1, 0.15) is 11.1 Å². The van der Waals surface area contributed by atoms with Gasteiger partial charge in [-0.15, -0.1) is 0 Å². The Bertz CT molecular complexity index is 1140. The number of nitrogens with zero attached hydrogens (tertiary/aromatic N) is 3. The fraction of sp³-hybridized carbons (Fsp3) is 0.143. The van der Waals surface area contributed by atoms with Gasteiger partial charge in [0, 0.05) is 18.0 Å². The first-order chi connectivity index (χ1) is 12.6. The molecule has 0 radical (unpaired) electrons. The molecule has 0 aliphatic rings. The van der Waals surface area contributed by atoms with Crippen LogP contribution in [0.5, 0.6) is 5.75 Å². The molecule has 26 heavy (non-hydrogen) atoms. The molecule has 2 aromatic carbocycles. The third-order valence-electron chi connectivity index (χ3n) is 4.40. The highest BCUT2D eigenvalue weighted by atomic mass is 16.5. The van der Waals surface area contributed by atoms with E-state index in [1.807, 2.05) is 61.7 Å². The Morgan fingerprint density at radius 3 is 2.69 bits per heavy atom. The van der Waals surface area contributed by atoms with Crippen molar-refractivity contribution in [2.45, 2.75) is 13.5 Å². The molecule has 0 bridgehead atoms. The summed E-state index contributed by atoms with van der Waals surface area (Å²) in [6.45, 7) is 2.59. The molecule has 2 aromatic heterocycles. The molecule has 0 fully saturated rings. The zero-order chi connectivity index (χ0) is 18.1. The van der Waals surface area contributed by atoms with E-state index in [0.29, 0.717) is 12.1 Å². The molecule has 4 rings (SSSR count). The Morgan fingerprint density at radius 2 is 1.88 bits per heavy atom. The summed E-state index contributed by atoms with van der Waals surface area (Å²) >= 11 is 0. The Kier molecular flexibility index (Phi) is 4.05. The smallest absolute Gasteiger partial charge is 0.276 e. The monoisotopic (exact) mass is 345 g/mol. The summed E-state index contributed by atoms with van der Waals surface area (Å²) in [5, 5.41) is 4.53. The van der Waals surface area contributed by atoms with Gasteiger partial charge >= 0.3 is 0 Å². The number of hydrogen-bond donors (Lipinski definition) is 0. The van der Waals surface area contributed by atoms with Crippen LogP contribution in [0.25, 0.3) is 16.8 Å². The molecule has 0 saturated heterocycles. The van der Waals surface area contributed by atoms with Crippen LogP contribution in [0.3, 0.4) is 0 Å². The first-order valence-corrected chi connectivity index (χ1v) is 8.43. The molecule has 2 heterocycles. The van der Waals surface area contributed by atoms with Gasteiger partial charge < -0.3 is 9.30 Å². The third kappa shape index (κ3) is 2.99. The van der Waals surface area contributed by atoms with Gasteiger partial charge in [0.15, 0.2) is 0 Å². The van der Waals surface area contributed by atoms with E-state index in [1.165, 1.54) is 5.56 Å². The molecule has 0 N–H and O–H groups in total. The molecular formula is C21H19N3O2. The molecule has 0 spiro atoms. The van der Waals surface area contributed by atoms with Crippen molar-refractivity contribution in [1.29, 1.82) is 0 Å². The van der Waals surface area contributed by atoms with Gasteiger partial charge in [-0.2, -0.15) is 5.10 Å². The lowest BCUT2D eigenvalue weighted by Gasteiger charge is -2.06. The zero-order valence-electron chi connectivity index (χ0n) is 14.7. The van der Waals surface area contributed by atoms with E-state index in [0.717, 1.165) is 22.6 Å². The number of aromatic nitrogens is 3. The average molecular weight is 345 g/mol. The van der Waals surface area contributed by atoms with E-state index < -0.39 is 0 Å². The maximum atomic E-state index is 12.9. The minimum Gasteiger partial charge on any atom is -0.497 e. The highest BCUT2D eigenvalue weighted by Crippen LogP contribution is 2.23. The summed E-state index contributed by atoms with van der Waals surface area (Å²) in [5.74, 6) is 0.761. The molecule has 0 saturated carbocycles. The second-order valence-electron chi connectivity index (χ2n) is 6.31. The number of benzene rings is 2. The van der Waals surface area contributed by atoms with Crippen LogP contribution in [-0.2, 0) is 6.54 Å². The second-order valence-corrected chi connectivity index (χ2v) is 6.31. The van der Waals surface area contributed by atoms with E-state index >= 15 is 0 Å². The van der Waals surface area contributed by atoms with Crippen LogP contribution in [0.15, 0.2) is 71.8 Å². The molecule has 130 valence electrons. The first-order valence-electron chi connectivity index (χ1n) is 8.43. The fourth-order valence-electron chi connectivity index (χ4n) is 3.08. The highest BCUT2D eigenvalue weighted by molar-refractivity contribution is 5.66. The first kappa shape index (κ1) is 16.1. The van der Waals surface area contributed by atoms with Crippen molar-refractivity contribution in [3.05, 3.63) is 88.5 Å². The predicted octanol–water partition coefficient (Wildman–Crippen LogP) is 3.53. The van der Waals surface area contributed by atoms with E-state index in [9.17, 15) is 4.79 Å². The lowest BCUT2D eigenvalue weighted by atomic mass is 10.1. The number of fused-ring (bicyclic) bond motifs is 1. The minimum absolute atomic E-state index is 0.0596. The van der Waals surface area contributed by atoms with Gasteiger partial charge in [-0.3, -0.25) is 4.79 Å². The van der Waals surface area contributed by atoms with Crippen molar-refractivity contribution in [2.24, 2.45) is 0 Å². The van der Waals surface area contributed by atoms with E-state index in [4.69, 9.17) is 4.74 Å². The molecule has 0 aliphatic heterocycles. The predicted molar refractivity (Wildman–Crippen MR) is 102 cm³/mol. The van der Waals surface area contributed by atoms with Crippen molar-refractivity contribution in [3.63, 3.8) is 0 Å². The lowest BCUT2D eigenvalue weighted by molar-refractivity contribution is 0.415. The fourth-order valence-corrected chi connectivity index (χ4v) is 3.08. The number of aryl methyl sites for hydroxylation is 1. The van der Waals surface area contributed by atoms with Gasteiger partial charge in [-0.25, -0.2) is 4.52 Å². The minimum atomic E-state index is -0.0596. The number of hydrogen-bond acceptors (Lipinski definition) is 3. The quantitative estimate of drug-likeness (QED) is 0.568. The molecule has 5 heteroatoms. The van der Waals surface area contributed by atoms with Crippen molar-refractivity contribution in [1.82, 2.24) is 14.2 Å². The molecule has 4 aromatic rings. The number of rotatable bonds is 4. The standard InChI is InChI=1S/C21H19N3O2/c1-15-5-3-6-16(11-15)14-23-9-10-24-20(21(23)25)13-19(22-24)17-7-4-8-18(12-17)26-2/h3-13H,14H2,1-2H3. The van der Waals surface area contributed by atoms with Gasteiger partial charge in [-0.05, 0) is 30.7 Å². The summed E-state index contributed by atoms with van der Waals surface area (Å²) in [7, 11) is 1.63. The highest BCUT2D eigenvalue weighted by Gasteiger charge is 2.10. The number of methoxy groups -OCH3 is 1. The largest absolute Gasteiger partial charge is 0.497 e. The van der Waals surface area contributed by atoms with E-state index in [2.05, 4.69) is 11.2 Å². The van der Waals surface area contributed by atoms with Crippen LogP contribution in [0, 0.1) is 6.92 Å². The van der Waals surface area contributed by atoms with Crippen LogP contribution in [0.2, 0.25) is 0 Å². The Labute approximate surface area is 151 Å². The summed E-state index contributed by atoms with van der Waals surface area (Å²) in [5.41, 5.74) is 4.44.